The van der Waals surface area contributed by atoms with E-state index in [0.29, 0.717) is 29.2 Å². The second kappa shape index (κ2) is 10.3. The van der Waals surface area contributed by atoms with Gasteiger partial charge in [-0.15, -0.1) is 0 Å². The minimum Gasteiger partial charge on any atom is -0.491 e. The van der Waals surface area contributed by atoms with Gasteiger partial charge in [-0.2, -0.15) is 0 Å². The quantitative estimate of drug-likeness (QED) is 0.584. The second-order valence-electron chi connectivity index (χ2n) is 7.92. The first kappa shape index (κ1) is 21.8. The molecular formula is C24H26N2O6. The monoisotopic (exact) mass is 438 g/mol. The van der Waals surface area contributed by atoms with Gasteiger partial charge in [-0.05, 0) is 68.1 Å². The van der Waals surface area contributed by atoms with Crippen molar-refractivity contribution >= 4 is 23.5 Å². The Labute approximate surface area is 186 Å². The Kier molecular flexibility index (Phi) is 7.01. The molecule has 2 aromatic carbocycles. The summed E-state index contributed by atoms with van der Waals surface area (Å²) in [5, 5.41) is 5.54. The van der Waals surface area contributed by atoms with Crippen LogP contribution in [0.4, 0.5) is 5.69 Å². The maximum absolute atomic E-state index is 12.2. The van der Waals surface area contributed by atoms with Gasteiger partial charge in [0.05, 0.1) is 11.7 Å². The Bertz CT molecular complexity index is 965. The number of ether oxygens (including phenoxy) is 3. The summed E-state index contributed by atoms with van der Waals surface area (Å²) in [5.41, 5.74) is 1.25. The third kappa shape index (κ3) is 6.31. The molecule has 1 saturated heterocycles. The Hall–Kier alpha value is -3.39. The Morgan fingerprint density at radius 2 is 1.81 bits per heavy atom. The molecule has 0 bridgehead atoms. The standard InChI is InChI=1S/C24H26N2O6/c27-22(25-19-4-1-3-17(13-19)23(28)26-18-8-9-18)15-32-24(29)16-6-10-20(11-7-16)31-14-21-5-2-12-30-21/h1,3-4,6-7,10-11,13,18,21H,2,5,8-9,12,14-15H2,(H,25,27)(H,26,28)/t21-/m1/s1. The molecule has 2 amide bonds. The minimum atomic E-state index is -0.608. The van der Waals surface area contributed by atoms with Crippen molar-refractivity contribution in [1.82, 2.24) is 5.32 Å². The van der Waals surface area contributed by atoms with E-state index in [0.717, 1.165) is 32.3 Å². The number of esters is 1. The van der Waals surface area contributed by atoms with Gasteiger partial charge in [-0.25, -0.2) is 4.79 Å². The first-order valence-corrected chi connectivity index (χ1v) is 10.8. The molecule has 8 nitrogen and oxygen atoms in total. The van der Waals surface area contributed by atoms with Crippen molar-refractivity contribution in [2.24, 2.45) is 0 Å². The molecule has 1 aliphatic heterocycles. The summed E-state index contributed by atoms with van der Waals surface area (Å²) in [5.74, 6) is -0.628. The zero-order valence-corrected chi connectivity index (χ0v) is 17.7. The Morgan fingerprint density at radius 3 is 2.53 bits per heavy atom. The predicted molar refractivity (Wildman–Crippen MR) is 117 cm³/mol. The van der Waals surface area contributed by atoms with Crippen LogP contribution in [0.5, 0.6) is 5.75 Å². The molecule has 2 aliphatic rings. The maximum atomic E-state index is 12.2. The number of rotatable bonds is 9. The molecule has 168 valence electrons. The van der Waals surface area contributed by atoms with Crippen LogP contribution in [-0.2, 0) is 14.3 Å². The largest absolute Gasteiger partial charge is 0.491 e. The predicted octanol–water partition coefficient (Wildman–Crippen LogP) is 2.93. The summed E-state index contributed by atoms with van der Waals surface area (Å²) in [7, 11) is 0. The van der Waals surface area contributed by atoms with Crippen molar-refractivity contribution in [1.29, 1.82) is 0 Å². The van der Waals surface area contributed by atoms with E-state index in [1.165, 1.54) is 0 Å². The minimum absolute atomic E-state index is 0.117. The lowest BCUT2D eigenvalue weighted by Crippen LogP contribution is -2.25. The van der Waals surface area contributed by atoms with E-state index in [-0.39, 0.29) is 18.1 Å². The first-order valence-electron chi connectivity index (χ1n) is 10.8. The van der Waals surface area contributed by atoms with E-state index in [1.54, 1.807) is 48.5 Å². The van der Waals surface area contributed by atoms with E-state index in [2.05, 4.69) is 10.6 Å². The summed E-state index contributed by atoms with van der Waals surface area (Å²) >= 11 is 0. The molecular weight excluding hydrogens is 412 g/mol. The van der Waals surface area contributed by atoms with E-state index in [4.69, 9.17) is 14.2 Å². The fourth-order valence-electron chi connectivity index (χ4n) is 3.30. The SMILES string of the molecule is O=C(COC(=O)c1ccc(OC[C@H]2CCCO2)cc1)Nc1cccc(C(=O)NC2CC2)c1. The van der Waals surface area contributed by atoms with Crippen LogP contribution in [0.15, 0.2) is 48.5 Å². The van der Waals surface area contributed by atoms with Crippen LogP contribution in [0.25, 0.3) is 0 Å². The van der Waals surface area contributed by atoms with Crippen molar-refractivity contribution in [2.75, 3.05) is 25.1 Å². The van der Waals surface area contributed by atoms with E-state index < -0.39 is 18.5 Å². The Morgan fingerprint density at radius 1 is 1.00 bits per heavy atom. The molecule has 1 heterocycles. The van der Waals surface area contributed by atoms with Gasteiger partial charge in [-0.3, -0.25) is 9.59 Å². The third-order valence-corrected chi connectivity index (χ3v) is 5.21. The lowest BCUT2D eigenvalue weighted by Gasteiger charge is -2.11. The summed E-state index contributed by atoms with van der Waals surface area (Å²) in [6.07, 6.45) is 4.15. The molecule has 8 heteroatoms. The van der Waals surface area contributed by atoms with E-state index in [9.17, 15) is 14.4 Å². The molecule has 2 aromatic rings. The topological polar surface area (TPSA) is 103 Å². The Balaban J connectivity index is 1.22. The normalized spacial score (nSPS) is 17.4. The van der Waals surface area contributed by atoms with Crippen LogP contribution in [0.3, 0.4) is 0 Å². The number of nitrogens with one attached hydrogen (secondary N) is 2. The highest BCUT2D eigenvalue weighted by atomic mass is 16.5. The van der Waals surface area contributed by atoms with Gasteiger partial charge in [0.1, 0.15) is 12.4 Å². The van der Waals surface area contributed by atoms with Crippen LogP contribution in [-0.4, -0.2) is 49.8 Å². The van der Waals surface area contributed by atoms with Gasteiger partial charge >= 0.3 is 5.97 Å². The van der Waals surface area contributed by atoms with Crippen LogP contribution >= 0.6 is 0 Å². The highest BCUT2D eigenvalue weighted by molar-refractivity contribution is 5.98. The molecule has 1 aliphatic carbocycles. The van der Waals surface area contributed by atoms with Gasteiger partial charge in [0.15, 0.2) is 6.61 Å². The molecule has 0 spiro atoms. The fraction of sp³-hybridized carbons (Fsp3) is 0.375. The van der Waals surface area contributed by atoms with Crippen LogP contribution < -0.4 is 15.4 Å². The number of anilines is 1. The van der Waals surface area contributed by atoms with Gasteiger partial charge in [0.2, 0.25) is 0 Å². The van der Waals surface area contributed by atoms with Crippen molar-refractivity contribution in [3.05, 3.63) is 59.7 Å². The van der Waals surface area contributed by atoms with Gasteiger partial charge < -0.3 is 24.8 Å². The van der Waals surface area contributed by atoms with Gasteiger partial charge in [-0.1, -0.05) is 6.07 Å². The fourth-order valence-corrected chi connectivity index (χ4v) is 3.30. The molecule has 0 aromatic heterocycles. The lowest BCUT2D eigenvalue weighted by molar-refractivity contribution is -0.119. The highest BCUT2D eigenvalue weighted by Crippen LogP contribution is 2.20. The van der Waals surface area contributed by atoms with Gasteiger partial charge in [0.25, 0.3) is 11.8 Å². The molecule has 2 fully saturated rings. The number of hydrogen-bond donors (Lipinski definition) is 2. The highest BCUT2D eigenvalue weighted by Gasteiger charge is 2.24. The van der Waals surface area contributed by atoms with Crippen LogP contribution in [0.2, 0.25) is 0 Å². The maximum Gasteiger partial charge on any atom is 0.338 e. The van der Waals surface area contributed by atoms with Crippen molar-refractivity contribution in [3.63, 3.8) is 0 Å². The molecule has 4 rings (SSSR count). The average molecular weight is 438 g/mol. The van der Waals surface area contributed by atoms with Gasteiger partial charge in [0, 0.05) is 23.9 Å². The summed E-state index contributed by atoms with van der Waals surface area (Å²) < 4.78 is 16.3. The molecule has 32 heavy (non-hydrogen) atoms. The number of carbonyl (C=O) groups is 3. The molecule has 1 atom stereocenters. The zero-order chi connectivity index (χ0) is 22.3. The summed E-state index contributed by atoms with van der Waals surface area (Å²) in [6, 6.07) is 13.4. The third-order valence-electron chi connectivity index (χ3n) is 5.21. The molecule has 1 saturated carbocycles. The number of hydrogen-bond acceptors (Lipinski definition) is 6. The smallest absolute Gasteiger partial charge is 0.338 e. The van der Waals surface area contributed by atoms with Crippen molar-refractivity contribution in [3.8, 4) is 5.75 Å². The zero-order valence-electron chi connectivity index (χ0n) is 17.7. The molecule has 0 unspecified atom stereocenters. The number of benzene rings is 2. The van der Waals surface area contributed by atoms with Crippen LogP contribution in [0.1, 0.15) is 46.4 Å². The van der Waals surface area contributed by atoms with Crippen LogP contribution in [0, 0.1) is 0 Å². The number of carbonyl (C=O) groups excluding carboxylic acids is 3. The summed E-state index contributed by atoms with van der Waals surface area (Å²) in [4.78, 5) is 36.5. The molecule has 0 radical (unpaired) electrons. The second-order valence-corrected chi connectivity index (χ2v) is 7.92. The van der Waals surface area contributed by atoms with Crippen molar-refractivity contribution in [2.45, 2.75) is 37.8 Å². The number of amides is 2. The molecule has 2 N–H and O–H groups in total. The first-order chi connectivity index (χ1) is 15.6. The van der Waals surface area contributed by atoms with Crippen molar-refractivity contribution < 1.29 is 28.6 Å². The summed E-state index contributed by atoms with van der Waals surface area (Å²) in [6.45, 7) is 0.815. The van der Waals surface area contributed by atoms with E-state index >= 15 is 0 Å². The van der Waals surface area contributed by atoms with E-state index in [1.807, 2.05) is 0 Å². The lowest BCUT2D eigenvalue weighted by atomic mass is 10.2. The average Bonchev–Trinajstić information content (AvgIpc) is 3.46.